The standard InChI is InChI=1S/C13H16N4O4/c1-7-5-9(16-12(20)21-13(2,3)4)17-10(15-7)8(6-14-17)11(18)19/h5-6H,1-4H3,(H,16,20)(H,18,19). The molecule has 112 valence electrons. The molecule has 0 aliphatic rings. The molecule has 0 aromatic carbocycles. The van der Waals surface area contributed by atoms with Gasteiger partial charge in [0.15, 0.2) is 5.65 Å². The number of aryl methyl sites for hydroxylation is 1. The summed E-state index contributed by atoms with van der Waals surface area (Å²) >= 11 is 0. The summed E-state index contributed by atoms with van der Waals surface area (Å²) in [6.45, 7) is 6.93. The first kappa shape index (κ1) is 14.8. The fourth-order valence-electron chi connectivity index (χ4n) is 1.73. The molecule has 0 aliphatic heterocycles. The molecular weight excluding hydrogens is 276 g/mol. The Morgan fingerprint density at radius 1 is 1.38 bits per heavy atom. The average molecular weight is 292 g/mol. The summed E-state index contributed by atoms with van der Waals surface area (Å²) in [7, 11) is 0. The maximum absolute atomic E-state index is 11.8. The zero-order valence-electron chi connectivity index (χ0n) is 12.2. The predicted molar refractivity (Wildman–Crippen MR) is 74.5 cm³/mol. The maximum Gasteiger partial charge on any atom is 0.413 e. The summed E-state index contributed by atoms with van der Waals surface area (Å²) in [6, 6.07) is 1.58. The van der Waals surface area contributed by atoms with Crippen molar-refractivity contribution in [2.75, 3.05) is 5.32 Å². The Labute approximate surface area is 120 Å². The molecule has 0 saturated heterocycles. The van der Waals surface area contributed by atoms with Gasteiger partial charge in [-0.3, -0.25) is 5.32 Å². The zero-order valence-corrected chi connectivity index (χ0v) is 12.2. The van der Waals surface area contributed by atoms with Crippen molar-refractivity contribution >= 4 is 23.5 Å². The number of hydrogen-bond donors (Lipinski definition) is 2. The molecule has 0 fully saturated rings. The van der Waals surface area contributed by atoms with E-state index in [1.54, 1.807) is 33.8 Å². The minimum absolute atomic E-state index is 0.0362. The molecule has 1 amide bonds. The van der Waals surface area contributed by atoms with E-state index in [9.17, 15) is 9.59 Å². The number of carboxylic acids is 1. The molecular formula is C13H16N4O4. The number of ether oxygens (including phenoxy) is 1. The third-order valence-corrected chi connectivity index (χ3v) is 2.46. The number of aromatic nitrogens is 3. The highest BCUT2D eigenvalue weighted by atomic mass is 16.6. The number of fused-ring (bicyclic) bond motifs is 1. The van der Waals surface area contributed by atoms with E-state index in [1.165, 1.54) is 10.7 Å². The van der Waals surface area contributed by atoms with Crippen molar-refractivity contribution in [2.24, 2.45) is 0 Å². The second-order valence-electron chi connectivity index (χ2n) is 5.51. The van der Waals surface area contributed by atoms with Crippen LogP contribution in [0, 0.1) is 6.92 Å². The number of carbonyl (C=O) groups excluding carboxylic acids is 1. The molecule has 0 bridgehead atoms. The zero-order chi connectivity index (χ0) is 15.8. The molecule has 21 heavy (non-hydrogen) atoms. The lowest BCUT2D eigenvalue weighted by atomic mass is 10.2. The number of carboxylic acid groups (broad SMARTS) is 1. The molecule has 2 aromatic heterocycles. The van der Waals surface area contributed by atoms with Crippen molar-refractivity contribution in [3.05, 3.63) is 23.5 Å². The van der Waals surface area contributed by atoms with E-state index < -0.39 is 17.7 Å². The minimum Gasteiger partial charge on any atom is -0.477 e. The van der Waals surface area contributed by atoms with Gasteiger partial charge in [-0.1, -0.05) is 0 Å². The van der Waals surface area contributed by atoms with Crippen LogP contribution in [0.4, 0.5) is 10.6 Å². The van der Waals surface area contributed by atoms with Gasteiger partial charge < -0.3 is 9.84 Å². The number of nitrogens with zero attached hydrogens (tertiary/aromatic N) is 3. The monoisotopic (exact) mass is 292 g/mol. The second kappa shape index (κ2) is 5.04. The Balaban J connectivity index is 2.40. The fraction of sp³-hybridized carbons (Fsp3) is 0.385. The number of hydrogen-bond acceptors (Lipinski definition) is 5. The first-order chi connectivity index (χ1) is 9.67. The molecule has 0 spiro atoms. The highest BCUT2D eigenvalue weighted by Crippen LogP contribution is 2.17. The van der Waals surface area contributed by atoms with Crippen LogP contribution < -0.4 is 5.32 Å². The summed E-state index contributed by atoms with van der Waals surface area (Å²) in [5, 5.41) is 15.6. The number of rotatable bonds is 2. The lowest BCUT2D eigenvalue weighted by Gasteiger charge is -2.19. The van der Waals surface area contributed by atoms with Crippen molar-refractivity contribution in [3.8, 4) is 0 Å². The van der Waals surface area contributed by atoms with Gasteiger partial charge in [0.1, 0.15) is 17.0 Å². The van der Waals surface area contributed by atoms with Crippen LogP contribution in [0.1, 0.15) is 36.8 Å². The Morgan fingerprint density at radius 2 is 2.05 bits per heavy atom. The SMILES string of the molecule is Cc1cc(NC(=O)OC(C)(C)C)n2ncc(C(=O)O)c2n1. The number of anilines is 1. The van der Waals surface area contributed by atoms with Gasteiger partial charge in [-0.2, -0.15) is 9.61 Å². The van der Waals surface area contributed by atoms with Gasteiger partial charge >= 0.3 is 12.1 Å². The molecule has 8 nitrogen and oxygen atoms in total. The van der Waals surface area contributed by atoms with Crippen molar-refractivity contribution in [1.29, 1.82) is 0 Å². The number of amides is 1. The molecule has 2 N–H and O–H groups in total. The van der Waals surface area contributed by atoms with Crippen LogP contribution in [0.5, 0.6) is 0 Å². The van der Waals surface area contributed by atoms with Crippen molar-refractivity contribution < 1.29 is 19.4 Å². The predicted octanol–water partition coefficient (Wildman–Crippen LogP) is 2.08. The maximum atomic E-state index is 11.8. The van der Waals surface area contributed by atoms with E-state index in [1.807, 2.05) is 0 Å². The first-order valence-electron chi connectivity index (χ1n) is 6.26. The molecule has 2 rings (SSSR count). The fourth-order valence-corrected chi connectivity index (χ4v) is 1.73. The summed E-state index contributed by atoms with van der Waals surface area (Å²) in [4.78, 5) is 27.0. The minimum atomic E-state index is -1.13. The summed E-state index contributed by atoms with van der Waals surface area (Å²) in [5.41, 5.74) is 0.0396. The molecule has 0 atom stereocenters. The van der Waals surface area contributed by atoms with Crippen LogP contribution in [-0.4, -0.2) is 37.4 Å². The Kier molecular flexibility index (Phi) is 3.54. The van der Waals surface area contributed by atoms with E-state index in [2.05, 4.69) is 15.4 Å². The van der Waals surface area contributed by atoms with Crippen LogP contribution >= 0.6 is 0 Å². The molecule has 2 heterocycles. The van der Waals surface area contributed by atoms with E-state index in [0.29, 0.717) is 11.5 Å². The van der Waals surface area contributed by atoms with Crippen molar-refractivity contribution in [1.82, 2.24) is 14.6 Å². The molecule has 8 heteroatoms. The van der Waals surface area contributed by atoms with Gasteiger partial charge in [0.25, 0.3) is 0 Å². The molecule has 2 aromatic rings. The van der Waals surface area contributed by atoms with Crippen LogP contribution in [0.2, 0.25) is 0 Å². The van der Waals surface area contributed by atoms with Crippen molar-refractivity contribution in [3.63, 3.8) is 0 Å². The van der Waals surface area contributed by atoms with Gasteiger partial charge in [-0.15, -0.1) is 0 Å². The molecule has 0 aliphatic carbocycles. The van der Waals surface area contributed by atoms with Crippen LogP contribution in [0.15, 0.2) is 12.3 Å². The third-order valence-electron chi connectivity index (χ3n) is 2.46. The summed E-state index contributed by atoms with van der Waals surface area (Å²) < 4.78 is 6.41. The summed E-state index contributed by atoms with van der Waals surface area (Å²) in [5.74, 6) is -0.842. The third kappa shape index (κ3) is 3.28. The second-order valence-corrected chi connectivity index (χ2v) is 5.51. The van der Waals surface area contributed by atoms with Crippen molar-refractivity contribution in [2.45, 2.75) is 33.3 Å². The average Bonchev–Trinajstić information content (AvgIpc) is 2.69. The Hall–Kier alpha value is -2.64. The van der Waals surface area contributed by atoms with E-state index in [-0.39, 0.29) is 11.2 Å². The number of aromatic carboxylic acids is 1. The highest BCUT2D eigenvalue weighted by Gasteiger charge is 2.19. The number of carbonyl (C=O) groups is 2. The topological polar surface area (TPSA) is 106 Å². The van der Waals surface area contributed by atoms with Crippen LogP contribution in [-0.2, 0) is 4.74 Å². The van der Waals surface area contributed by atoms with Gasteiger partial charge in [0.2, 0.25) is 0 Å². The van der Waals surface area contributed by atoms with Gasteiger partial charge in [0.05, 0.1) is 6.20 Å². The van der Waals surface area contributed by atoms with Gasteiger partial charge in [0, 0.05) is 11.8 Å². The first-order valence-corrected chi connectivity index (χ1v) is 6.26. The van der Waals surface area contributed by atoms with Crippen LogP contribution in [0.3, 0.4) is 0 Å². The molecule has 0 saturated carbocycles. The van der Waals surface area contributed by atoms with Gasteiger partial charge in [-0.25, -0.2) is 14.6 Å². The quantitative estimate of drug-likeness (QED) is 0.877. The Morgan fingerprint density at radius 3 is 2.62 bits per heavy atom. The smallest absolute Gasteiger partial charge is 0.413 e. The van der Waals surface area contributed by atoms with Gasteiger partial charge in [-0.05, 0) is 27.7 Å². The normalized spacial score (nSPS) is 11.4. The summed E-state index contributed by atoms with van der Waals surface area (Å²) in [6.07, 6.45) is 0.534. The lowest BCUT2D eigenvalue weighted by Crippen LogP contribution is -2.28. The van der Waals surface area contributed by atoms with E-state index in [4.69, 9.17) is 9.84 Å². The highest BCUT2D eigenvalue weighted by molar-refractivity contribution is 5.95. The molecule has 0 radical (unpaired) electrons. The number of nitrogens with one attached hydrogen (secondary N) is 1. The Bertz CT molecular complexity index is 715. The van der Waals surface area contributed by atoms with Crippen LogP contribution in [0.25, 0.3) is 5.65 Å². The largest absolute Gasteiger partial charge is 0.477 e. The van der Waals surface area contributed by atoms with E-state index >= 15 is 0 Å². The van der Waals surface area contributed by atoms with E-state index in [0.717, 1.165) is 0 Å². The lowest BCUT2D eigenvalue weighted by molar-refractivity contribution is 0.0633. The molecule has 0 unspecified atom stereocenters.